The zero-order valence-corrected chi connectivity index (χ0v) is 21.1. The van der Waals surface area contributed by atoms with Crippen LogP contribution in [0.15, 0.2) is 0 Å². The molecular weight excluding hydrogens is 349 g/mol. The molecule has 0 fully saturated rings. The van der Waals surface area contributed by atoms with E-state index in [-0.39, 0.29) is 0 Å². The van der Waals surface area contributed by atoms with Crippen LogP contribution in [0.25, 0.3) is 0 Å². The van der Waals surface area contributed by atoms with Gasteiger partial charge in [0.15, 0.2) is 16.6 Å². The van der Waals surface area contributed by atoms with E-state index in [4.69, 9.17) is 16.8 Å². The zero-order chi connectivity index (χ0) is 17.1. The van der Waals surface area contributed by atoms with E-state index >= 15 is 0 Å². The molecule has 0 unspecified atom stereocenters. The molecular formula is C12H36O4Si5. The van der Waals surface area contributed by atoms with Crippen LogP contribution in [0.2, 0.25) is 72.0 Å². The normalized spacial score (nSPS) is 14.9. The zero-order valence-electron chi connectivity index (χ0n) is 15.9. The van der Waals surface area contributed by atoms with Crippen LogP contribution in [0.4, 0.5) is 0 Å². The third-order valence-corrected chi connectivity index (χ3v) is 15.5. The van der Waals surface area contributed by atoms with Gasteiger partial charge < -0.3 is 16.8 Å². The van der Waals surface area contributed by atoms with Crippen molar-refractivity contribution in [2.75, 3.05) is 6.23 Å². The molecule has 0 rings (SSSR count). The van der Waals surface area contributed by atoms with Crippen LogP contribution in [0.1, 0.15) is 0 Å². The van der Waals surface area contributed by atoms with Gasteiger partial charge in [0.05, 0.1) is 8.80 Å². The van der Waals surface area contributed by atoms with E-state index in [1.807, 2.05) is 0 Å². The van der Waals surface area contributed by atoms with Gasteiger partial charge in [0.1, 0.15) is 0 Å². The average Bonchev–Trinajstić information content (AvgIpc) is 2.05. The third kappa shape index (κ3) is 12.1. The quantitative estimate of drug-likeness (QED) is 0.563. The first-order valence-electron chi connectivity index (χ1n) is 7.78. The molecule has 0 aromatic heterocycles. The summed E-state index contributed by atoms with van der Waals surface area (Å²) in [5.41, 5.74) is 0. The number of rotatable bonds is 9. The van der Waals surface area contributed by atoms with Gasteiger partial charge in [-0.25, -0.2) is 0 Å². The van der Waals surface area contributed by atoms with Gasteiger partial charge in [-0.1, -0.05) is 13.1 Å². The predicted octanol–water partition coefficient (Wildman–Crippen LogP) is 4.02. The van der Waals surface area contributed by atoms with Crippen LogP contribution in [-0.2, 0) is 16.8 Å². The Labute approximate surface area is 138 Å². The molecule has 128 valence electrons. The van der Waals surface area contributed by atoms with Crippen molar-refractivity contribution in [3.63, 3.8) is 0 Å². The lowest BCUT2D eigenvalue weighted by Crippen LogP contribution is -2.60. The van der Waals surface area contributed by atoms with Crippen molar-refractivity contribution in [1.82, 2.24) is 0 Å². The summed E-state index contributed by atoms with van der Waals surface area (Å²) in [7, 11) is -9.06. The van der Waals surface area contributed by atoms with Gasteiger partial charge in [0.2, 0.25) is 0 Å². The third-order valence-electron chi connectivity index (χ3n) is 2.18. The summed E-state index contributed by atoms with van der Waals surface area (Å²) in [5, 5.41) is 0. The molecule has 0 atom stereocenters. The van der Waals surface area contributed by atoms with Gasteiger partial charge in [0.25, 0.3) is 0 Å². The van der Waals surface area contributed by atoms with E-state index in [9.17, 15) is 0 Å². The molecule has 0 aliphatic rings. The second kappa shape index (κ2) is 7.66. The first-order chi connectivity index (χ1) is 9.04. The van der Waals surface area contributed by atoms with Crippen molar-refractivity contribution in [3.05, 3.63) is 0 Å². The molecule has 4 nitrogen and oxygen atoms in total. The largest absolute Gasteiger partial charge is 0.467 e. The maximum absolute atomic E-state index is 6.43. The molecule has 0 aliphatic heterocycles. The molecule has 0 heterocycles. The summed E-state index contributed by atoms with van der Waals surface area (Å²) in [6.07, 6.45) is 0.865. The van der Waals surface area contributed by atoms with Crippen molar-refractivity contribution in [3.8, 4) is 0 Å². The minimum Gasteiger partial charge on any atom is -0.417 e. The monoisotopic (exact) mass is 384 g/mol. The van der Waals surface area contributed by atoms with Crippen LogP contribution < -0.4 is 0 Å². The van der Waals surface area contributed by atoms with Crippen LogP contribution in [-0.4, -0.2) is 49.0 Å². The van der Waals surface area contributed by atoms with Crippen LogP contribution in [0, 0.1) is 0 Å². The van der Waals surface area contributed by atoms with E-state index in [0.29, 0.717) is 0 Å². The minimum atomic E-state index is -2.65. The first-order valence-corrected chi connectivity index (χ1v) is 22.8. The molecule has 9 heteroatoms. The molecule has 0 radical (unpaired) electrons. The molecule has 0 aliphatic carbocycles. The highest BCUT2D eigenvalue weighted by molar-refractivity contribution is 6.88. The highest BCUT2D eigenvalue weighted by Crippen LogP contribution is 2.25. The predicted molar refractivity (Wildman–Crippen MR) is 104 cm³/mol. The summed E-state index contributed by atoms with van der Waals surface area (Å²) in [6, 6.07) is 0. The maximum Gasteiger partial charge on any atom is 0.467 e. The highest BCUT2D eigenvalue weighted by atomic mass is 28.5. The lowest BCUT2D eigenvalue weighted by atomic mass is 11.7. The molecule has 0 saturated heterocycles. The fourth-order valence-corrected chi connectivity index (χ4v) is 19.3. The van der Waals surface area contributed by atoms with Crippen LogP contribution >= 0.6 is 0 Å². The molecule has 0 amide bonds. The van der Waals surface area contributed by atoms with Gasteiger partial charge in [-0.15, -0.1) is 0 Å². The van der Waals surface area contributed by atoms with Crippen LogP contribution in [0.3, 0.4) is 0 Å². The summed E-state index contributed by atoms with van der Waals surface area (Å²) in [5.74, 6) is 0. The van der Waals surface area contributed by atoms with Crippen molar-refractivity contribution >= 4 is 42.8 Å². The van der Waals surface area contributed by atoms with Gasteiger partial charge in [0, 0.05) is 12.8 Å². The Morgan fingerprint density at radius 2 is 1.05 bits per heavy atom. The van der Waals surface area contributed by atoms with Crippen molar-refractivity contribution in [2.45, 2.75) is 72.0 Å². The Balaban J connectivity index is 5.04. The average molecular weight is 385 g/mol. The standard InChI is InChI=1S/C12H36O4Si5/c1-17(2)12-13-20(9,10)16-21(11,14-18(3,4)5)15-19(6,7)8/h17H,12H2,1-11H3. The Hall–Kier alpha value is 0.924. The smallest absolute Gasteiger partial charge is 0.417 e. The van der Waals surface area contributed by atoms with E-state index in [1.54, 1.807) is 0 Å². The lowest BCUT2D eigenvalue weighted by Gasteiger charge is -2.41. The molecule has 0 aromatic carbocycles. The minimum absolute atomic E-state index is 0.739. The van der Waals surface area contributed by atoms with Gasteiger partial charge >= 0.3 is 17.4 Å². The molecule has 0 aromatic rings. The lowest BCUT2D eigenvalue weighted by molar-refractivity contribution is 0.208. The molecule has 21 heavy (non-hydrogen) atoms. The van der Waals surface area contributed by atoms with E-state index in [0.717, 1.165) is 6.23 Å². The van der Waals surface area contributed by atoms with Crippen molar-refractivity contribution in [1.29, 1.82) is 0 Å². The molecule has 0 bridgehead atoms. The Kier molecular flexibility index (Phi) is 8.00. The molecule has 0 spiro atoms. The van der Waals surface area contributed by atoms with Crippen LogP contribution in [0.5, 0.6) is 0 Å². The van der Waals surface area contributed by atoms with Crippen molar-refractivity contribution < 1.29 is 16.8 Å². The van der Waals surface area contributed by atoms with Crippen molar-refractivity contribution in [2.24, 2.45) is 0 Å². The van der Waals surface area contributed by atoms with E-state index in [1.165, 1.54) is 0 Å². The highest BCUT2D eigenvalue weighted by Gasteiger charge is 2.47. The summed E-state index contributed by atoms with van der Waals surface area (Å²) in [4.78, 5) is 0. The number of hydrogen-bond donors (Lipinski definition) is 0. The SMILES string of the molecule is C[SiH](C)CO[Si](C)(C)O[Si](C)(O[Si](C)(C)C)O[Si](C)(C)C. The number of hydrogen-bond acceptors (Lipinski definition) is 4. The van der Waals surface area contributed by atoms with Gasteiger partial charge in [-0.2, -0.15) is 0 Å². The molecule has 0 saturated carbocycles. The second-order valence-corrected chi connectivity index (χ2v) is 27.3. The Morgan fingerprint density at radius 3 is 1.33 bits per heavy atom. The summed E-state index contributed by atoms with van der Waals surface area (Å²) >= 11 is 0. The van der Waals surface area contributed by atoms with Gasteiger partial charge in [-0.3, -0.25) is 0 Å². The van der Waals surface area contributed by atoms with E-state index < -0.39 is 42.8 Å². The Bertz CT molecular complexity index is 307. The second-order valence-electron chi connectivity index (χ2n) is 8.50. The van der Waals surface area contributed by atoms with E-state index in [2.05, 4.69) is 72.0 Å². The summed E-state index contributed by atoms with van der Waals surface area (Å²) in [6.45, 7) is 24.0. The van der Waals surface area contributed by atoms with Gasteiger partial charge in [-0.05, 0) is 52.4 Å². The first kappa shape index (κ1) is 21.9. The fourth-order valence-electron chi connectivity index (χ4n) is 2.02. The fraction of sp³-hybridized carbons (Fsp3) is 1.00. The topological polar surface area (TPSA) is 36.9 Å². The maximum atomic E-state index is 6.43. The Morgan fingerprint density at radius 1 is 0.667 bits per heavy atom. The molecule has 0 N–H and O–H groups in total. The summed E-state index contributed by atoms with van der Waals surface area (Å²) < 4.78 is 25.3.